The number of ether oxygens (including phenoxy) is 4. The van der Waals surface area contributed by atoms with E-state index < -0.39 is 22.0 Å². The van der Waals surface area contributed by atoms with Gasteiger partial charge >= 0.3 is 12.0 Å². The second kappa shape index (κ2) is 22.4. The molecule has 2 N–H and O–H groups in total. The zero-order valence-corrected chi connectivity index (χ0v) is 47.4. The van der Waals surface area contributed by atoms with Gasteiger partial charge in [0.2, 0.25) is 0 Å². The van der Waals surface area contributed by atoms with Gasteiger partial charge in [0.25, 0.3) is 0 Å². The minimum absolute atomic E-state index is 0.00665. The number of carbonyl (C=O) groups is 2. The van der Waals surface area contributed by atoms with Crippen LogP contribution in [0.3, 0.4) is 0 Å². The summed E-state index contributed by atoms with van der Waals surface area (Å²) in [6.45, 7) is 54.3. The normalized spacial score (nSPS) is 16.4. The topological polar surface area (TPSA) is 119 Å². The molecule has 1 aromatic rings. The highest BCUT2D eigenvalue weighted by Crippen LogP contribution is 2.63. The molecule has 0 fully saturated rings. The van der Waals surface area contributed by atoms with Crippen molar-refractivity contribution in [2.24, 2.45) is 55.2 Å². The lowest BCUT2D eigenvalue weighted by Gasteiger charge is -2.57. The SMILES string of the molecule is COCC(C)(C)OCCC(C)(C)C(C)(C)OCC(C)C(C)(C)NC(=O)NCCOC(=O)C(C)(CC(C)(C)C)C(C)(C)C(C)(C)CC(c1ccccc1)C(C)(C)C(C)(C)CC(C#N)C(C)(C)C. The second-order valence-electron chi connectivity index (χ2n) is 27.2. The lowest BCUT2D eigenvalue weighted by molar-refractivity contribution is -0.175. The third-order valence-corrected chi connectivity index (χ3v) is 17.2. The van der Waals surface area contributed by atoms with Crippen LogP contribution in [0.5, 0.6) is 0 Å². The van der Waals surface area contributed by atoms with Gasteiger partial charge in [0.15, 0.2) is 0 Å². The van der Waals surface area contributed by atoms with Gasteiger partial charge in [-0.15, -0.1) is 0 Å². The number of methoxy groups -OCH3 is 1. The molecule has 382 valence electrons. The van der Waals surface area contributed by atoms with Gasteiger partial charge in [-0.25, -0.2) is 4.79 Å². The van der Waals surface area contributed by atoms with Crippen LogP contribution >= 0.6 is 0 Å². The molecule has 0 aromatic heterocycles. The van der Waals surface area contributed by atoms with Crippen molar-refractivity contribution in [2.45, 2.75) is 215 Å². The first-order valence-corrected chi connectivity index (χ1v) is 24.9. The van der Waals surface area contributed by atoms with Crippen LogP contribution in [-0.2, 0) is 23.7 Å². The Morgan fingerprint density at radius 2 is 1.26 bits per heavy atom. The van der Waals surface area contributed by atoms with Crippen molar-refractivity contribution in [2.75, 3.05) is 40.1 Å². The number of urea groups is 1. The van der Waals surface area contributed by atoms with Gasteiger partial charge in [0.05, 0.1) is 48.4 Å². The summed E-state index contributed by atoms with van der Waals surface area (Å²) in [6.07, 6.45) is 3.03. The third-order valence-electron chi connectivity index (χ3n) is 17.2. The quantitative estimate of drug-likeness (QED) is 0.0701. The molecule has 0 aliphatic carbocycles. The lowest BCUT2D eigenvalue weighted by atomic mass is 9.47. The van der Waals surface area contributed by atoms with Gasteiger partial charge in [-0.2, -0.15) is 5.26 Å². The molecule has 9 nitrogen and oxygen atoms in total. The van der Waals surface area contributed by atoms with Gasteiger partial charge < -0.3 is 29.6 Å². The van der Waals surface area contributed by atoms with Crippen LogP contribution in [0, 0.1) is 66.5 Å². The number of rotatable bonds is 26. The molecule has 9 heteroatoms. The molecule has 0 aliphatic rings. The van der Waals surface area contributed by atoms with E-state index in [0.29, 0.717) is 26.2 Å². The zero-order chi connectivity index (χ0) is 51.8. The van der Waals surface area contributed by atoms with Gasteiger partial charge in [-0.1, -0.05) is 148 Å². The number of hydrogen-bond donors (Lipinski definition) is 2. The summed E-state index contributed by atoms with van der Waals surface area (Å²) in [7, 11) is 1.69. The Bertz CT molecular complexity index is 1720. The Labute approximate surface area is 406 Å². The number of carbonyl (C=O) groups excluding carboxylic acids is 2. The molecule has 4 unspecified atom stereocenters. The molecule has 4 atom stereocenters. The van der Waals surface area contributed by atoms with Crippen molar-refractivity contribution in [1.82, 2.24) is 10.6 Å². The molecular weight excluding hydrogens is 823 g/mol. The number of benzene rings is 1. The third kappa shape index (κ3) is 16.2. The van der Waals surface area contributed by atoms with Crippen LogP contribution in [0.1, 0.15) is 203 Å². The Morgan fingerprint density at radius 1 is 0.712 bits per heavy atom. The zero-order valence-electron chi connectivity index (χ0n) is 47.4. The highest BCUT2D eigenvalue weighted by atomic mass is 16.5. The highest BCUT2D eigenvalue weighted by Gasteiger charge is 2.58. The number of nitrogens with zero attached hydrogens (tertiary/aromatic N) is 1. The summed E-state index contributed by atoms with van der Waals surface area (Å²) in [6, 6.07) is 13.1. The van der Waals surface area contributed by atoms with E-state index in [9.17, 15) is 14.9 Å². The predicted octanol–water partition coefficient (Wildman–Crippen LogP) is 14.2. The van der Waals surface area contributed by atoms with Crippen molar-refractivity contribution in [3.8, 4) is 6.07 Å². The summed E-state index contributed by atoms with van der Waals surface area (Å²) < 4.78 is 24.2. The number of hydrogen-bond acceptors (Lipinski definition) is 7. The Kier molecular flexibility index (Phi) is 20.8. The van der Waals surface area contributed by atoms with Gasteiger partial charge in [0.1, 0.15) is 6.61 Å². The first kappa shape index (κ1) is 61.3. The standard InChI is InChI=1S/C57H103N3O6/c1-41(38-66-56(22,23)49(8,9)31-33-65-52(14,15)40-63-25)54(18,19)60-46(62)59-32-34-64-45(61)57(24,39-47(2,3)4)55(20,21)51(12,13)36-44(42-29-27-26-28-30-42)53(16,17)50(10,11)35-43(37-58)48(5,6)7/h26-30,41,43-44H,31-36,38-40H2,1-25H3,(H2,59,60,62). The molecule has 0 saturated carbocycles. The van der Waals surface area contributed by atoms with Crippen molar-refractivity contribution >= 4 is 12.0 Å². The molecule has 0 saturated heterocycles. The van der Waals surface area contributed by atoms with Crippen molar-refractivity contribution < 1.29 is 28.5 Å². The fraction of sp³-hybridized carbons (Fsp3) is 0.842. The molecule has 2 amide bonds. The minimum atomic E-state index is -0.872. The number of nitriles is 1. The van der Waals surface area contributed by atoms with E-state index in [-0.39, 0.29) is 81.0 Å². The van der Waals surface area contributed by atoms with E-state index in [1.807, 2.05) is 27.7 Å². The molecule has 1 aromatic carbocycles. The van der Waals surface area contributed by atoms with Crippen LogP contribution in [0.15, 0.2) is 30.3 Å². The molecular formula is C57H103N3O6. The maximum atomic E-state index is 14.7. The van der Waals surface area contributed by atoms with Gasteiger partial charge in [-0.3, -0.25) is 4.79 Å². The molecule has 0 spiro atoms. The van der Waals surface area contributed by atoms with Crippen LogP contribution in [0.25, 0.3) is 0 Å². The first-order chi connectivity index (χ1) is 29.5. The second-order valence-corrected chi connectivity index (χ2v) is 27.2. The van der Waals surface area contributed by atoms with Crippen LogP contribution in [0.2, 0.25) is 0 Å². The van der Waals surface area contributed by atoms with Crippen molar-refractivity contribution in [1.29, 1.82) is 5.26 Å². The maximum Gasteiger partial charge on any atom is 0.315 e. The van der Waals surface area contributed by atoms with Gasteiger partial charge in [-0.05, 0) is 124 Å². The predicted molar refractivity (Wildman–Crippen MR) is 275 cm³/mol. The smallest absolute Gasteiger partial charge is 0.315 e. The largest absolute Gasteiger partial charge is 0.463 e. The van der Waals surface area contributed by atoms with E-state index in [1.54, 1.807) is 7.11 Å². The van der Waals surface area contributed by atoms with E-state index >= 15 is 0 Å². The molecule has 0 heterocycles. The first-order valence-electron chi connectivity index (χ1n) is 24.9. The summed E-state index contributed by atoms with van der Waals surface area (Å²) in [5, 5.41) is 16.4. The minimum Gasteiger partial charge on any atom is -0.463 e. The summed E-state index contributed by atoms with van der Waals surface area (Å²) >= 11 is 0. The van der Waals surface area contributed by atoms with Crippen molar-refractivity contribution in [3.05, 3.63) is 35.9 Å². The number of amides is 2. The summed E-state index contributed by atoms with van der Waals surface area (Å²) in [5.41, 5.74) is -2.79. The van der Waals surface area contributed by atoms with Crippen molar-refractivity contribution in [3.63, 3.8) is 0 Å². The average molecular weight is 926 g/mol. The molecule has 1 rings (SSSR count). The van der Waals surface area contributed by atoms with Crippen LogP contribution < -0.4 is 10.6 Å². The fourth-order valence-corrected chi connectivity index (χ4v) is 9.32. The van der Waals surface area contributed by atoms with Gasteiger partial charge in [0, 0.05) is 25.2 Å². The van der Waals surface area contributed by atoms with Crippen LogP contribution in [0.4, 0.5) is 4.79 Å². The maximum absolute atomic E-state index is 14.7. The Balaban J connectivity index is 3.22. The Hall–Kier alpha value is -2.67. The average Bonchev–Trinajstić information content (AvgIpc) is 3.15. The molecule has 0 bridgehead atoms. The van der Waals surface area contributed by atoms with Crippen LogP contribution in [-0.4, -0.2) is 68.8 Å². The number of esters is 1. The number of nitrogens with one attached hydrogen (secondary N) is 2. The molecule has 0 radical (unpaired) electrons. The van der Waals surface area contributed by atoms with E-state index in [4.69, 9.17) is 18.9 Å². The van der Waals surface area contributed by atoms with E-state index in [2.05, 4.69) is 186 Å². The van der Waals surface area contributed by atoms with E-state index in [0.717, 1.165) is 19.3 Å². The fourth-order valence-electron chi connectivity index (χ4n) is 9.32. The van der Waals surface area contributed by atoms with E-state index in [1.165, 1.54) is 5.56 Å². The Morgan fingerprint density at radius 3 is 1.74 bits per heavy atom. The lowest BCUT2D eigenvalue weighted by Crippen LogP contribution is -2.55. The molecule has 0 aliphatic heterocycles. The molecule has 66 heavy (non-hydrogen) atoms. The highest BCUT2D eigenvalue weighted by molar-refractivity contribution is 5.78. The monoisotopic (exact) mass is 926 g/mol. The summed E-state index contributed by atoms with van der Waals surface area (Å²) in [4.78, 5) is 28.0. The summed E-state index contributed by atoms with van der Waals surface area (Å²) in [5.74, 6) is -0.230.